The van der Waals surface area contributed by atoms with E-state index in [1.807, 2.05) is 12.1 Å². The number of hydrogen-bond donors (Lipinski definition) is 3. The molecule has 0 aliphatic carbocycles. The van der Waals surface area contributed by atoms with Crippen LogP contribution in [0, 0.1) is 0 Å². The number of fused-ring (bicyclic) bond motifs is 2. The average molecular weight is 394 g/mol. The third kappa shape index (κ3) is 3.04. The van der Waals surface area contributed by atoms with Crippen molar-refractivity contribution in [1.82, 2.24) is 0 Å². The fraction of sp³-hybridized carbons (Fsp3) is 0. The zero-order valence-electron chi connectivity index (χ0n) is 14.3. The van der Waals surface area contributed by atoms with E-state index < -0.39 is 20.8 Å². The van der Waals surface area contributed by atoms with Crippen molar-refractivity contribution in [3.63, 3.8) is 0 Å². The number of hydrogen-bond acceptors (Lipinski definition) is 6. The second kappa shape index (κ2) is 6.59. The van der Waals surface area contributed by atoms with Crippen LogP contribution in [-0.4, -0.2) is 23.2 Å². The molecule has 0 heterocycles. The van der Waals surface area contributed by atoms with Crippen LogP contribution in [0.25, 0.3) is 21.5 Å². The maximum atomic E-state index is 11.9. The topological polar surface area (TPSA) is 120 Å². The highest BCUT2D eigenvalue weighted by atomic mass is 32.2. The molecule has 0 bridgehead atoms. The van der Waals surface area contributed by atoms with Gasteiger partial charge in [0.15, 0.2) is 4.90 Å². The van der Waals surface area contributed by atoms with Crippen LogP contribution in [-0.2, 0) is 10.1 Å². The van der Waals surface area contributed by atoms with Gasteiger partial charge in [0.1, 0.15) is 22.9 Å². The van der Waals surface area contributed by atoms with E-state index in [1.54, 1.807) is 42.5 Å². The molecule has 7 nitrogen and oxygen atoms in total. The minimum Gasteiger partial charge on any atom is -0.506 e. The number of benzene rings is 4. The molecular weight excluding hydrogens is 380 g/mol. The van der Waals surface area contributed by atoms with Gasteiger partial charge in [0, 0.05) is 10.8 Å². The largest absolute Gasteiger partial charge is 0.506 e. The Labute approximate surface area is 160 Å². The van der Waals surface area contributed by atoms with Crippen molar-refractivity contribution in [1.29, 1.82) is 0 Å². The average Bonchev–Trinajstić information content (AvgIpc) is 2.65. The third-order valence-electron chi connectivity index (χ3n) is 4.34. The first-order valence-electron chi connectivity index (χ1n) is 8.21. The predicted molar refractivity (Wildman–Crippen MR) is 105 cm³/mol. The zero-order valence-corrected chi connectivity index (χ0v) is 15.1. The summed E-state index contributed by atoms with van der Waals surface area (Å²) in [6.45, 7) is 0. The van der Waals surface area contributed by atoms with Crippen LogP contribution in [0.4, 0.5) is 11.4 Å². The Balaban J connectivity index is 2.02. The maximum absolute atomic E-state index is 11.9. The van der Waals surface area contributed by atoms with Crippen molar-refractivity contribution in [3.05, 3.63) is 66.7 Å². The molecule has 3 N–H and O–H groups in total. The predicted octanol–water partition coefficient (Wildman–Crippen LogP) is 5.07. The Hall–Kier alpha value is -3.49. The molecule has 4 aromatic carbocycles. The van der Waals surface area contributed by atoms with Crippen LogP contribution in [0.5, 0.6) is 11.5 Å². The van der Waals surface area contributed by atoms with Gasteiger partial charge in [0.2, 0.25) is 0 Å². The molecule has 0 unspecified atom stereocenters. The summed E-state index contributed by atoms with van der Waals surface area (Å²) in [5.74, 6) is -0.780. The summed E-state index contributed by atoms with van der Waals surface area (Å²) in [6.07, 6.45) is 0. The van der Waals surface area contributed by atoms with Crippen molar-refractivity contribution < 1.29 is 23.2 Å². The molecule has 8 heteroatoms. The van der Waals surface area contributed by atoms with Crippen molar-refractivity contribution in [2.24, 2.45) is 10.2 Å². The Morgan fingerprint density at radius 2 is 1.25 bits per heavy atom. The van der Waals surface area contributed by atoms with Gasteiger partial charge in [-0.2, -0.15) is 8.42 Å². The second-order valence-corrected chi connectivity index (χ2v) is 7.48. The van der Waals surface area contributed by atoms with Gasteiger partial charge in [0.25, 0.3) is 10.1 Å². The van der Waals surface area contributed by atoms with E-state index >= 15 is 0 Å². The van der Waals surface area contributed by atoms with E-state index in [1.165, 1.54) is 12.1 Å². The monoisotopic (exact) mass is 394 g/mol. The van der Waals surface area contributed by atoms with E-state index in [9.17, 15) is 23.2 Å². The molecule has 0 aromatic heterocycles. The molecule has 4 aromatic rings. The molecule has 0 saturated carbocycles. The lowest BCUT2D eigenvalue weighted by molar-refractivity contribution is 0.444. The Morgan fingerprint density at radius 1 is 0.679 bits per heavy atom. The maximum Gasteiger partial charge on any atom is 0.300 e. The van der Waals surface area contributed by atoms with Crippen molar-refractivity contribution >= 4 is 43.0 Å². The van der Waals surface area contributed by atoms with Crippen molar-refractivity contribution in [2.45, 2.75) is 4.90 Å². The smallest absolute Gasteiger partial charge is 0.300 e. The molecule has 0 amide bonds. The van der Waals surface area contributed by atoms with Crippen LogP contribution in [0.3, 0.4) is 0 Å². The summed E-state index contributed by atoms with van der Waals surface area (Å²) in [5.41, 5.74) is -0.0720. The Kier molecular flexibility index (Phi) is 4.21. The lowest BCUT2D eigenvalue weighted by Gasteiger charge is -2.09. The quantitative estimate of drug-likeness (QED) is 0.331. The van der Waals surface area contributed by atoms with Gasteiger partial charge < -0.3 is 10.2 Å². The first-order chi connectivity index (χ1) is 13.4. The van der Waals surface area contributed by atoms with Crippen LogP contribution in [0.15, 0.2) is 81.9 Å². The highest BCUT2D eigenvalue weighted by Crippen LogP contribution is 2.42. The molecule has 0 radical (unpaired) electrons. The minimum absolute atomic E-state index is 0.139. The summed E-state index contributed by atoms with van der Waals surface area (Å²) < 4.78 is 33.3. The SMILES string of the molecule is O=S(=O)(O)c1c(O)cc2ccccc2c1N=Nc1c(O)ccc2ccccc12. The van der Waals surface area contributed by atoms with E-state index in [0.29, 0.717) is 16.2 Å². The van der Waals surface area contributed by atoms with Gasteiger partial charge in [-0.05, 0) is 22.9 Å². The number of aromatic hydroxyl groups is 2. The summed E-state index contributed by atoms with van der Waals surface area (Å²) in [7, 11) is -4.78. The molecule has 0 aliphatic rings. The second-order valence-electron chi connectivity index (χ2n) is 6.12. The van der Waals surface area contributed by atoms with Gasteiger partial charge in [-0.25, -0.2) is 0 Å². The van der Waals surface area contributed by atoms with Crippen molar-refractivity contribution in [3.8, 4) is 11.5 Å². The lowest BCUT2D eigenvalue weighted by Crippen LogP contribution is -1.99. The first-order valence-corrected chi connectivity index (χ1v) is 9.65. The number of phenols is 2. The normalized spacial score (nSPS) is 12.2. The number of azo groups is 1. The van der Waals surface area contributed by atoms with Crippen LogP contribution in [0.1, 0.15) is 0 Å². The highest BCUT2D eigenvalue weighted by molar-refractivity contribution is 7.86. The molecule has 140 valence electrons. The standard InChI is InChI=1S/C20H14N2O5S/c23-16-10-9-12-5-1-3-7-14(12)18(16)21-22-19-15-8-4-2-6-13(15)11-17(24)20(19)28(25,26)27/h1-11,23-24H,(H,25,26,27). The zero-order chi connectivity index (χ0) is 19.9. The van der Waals surface area contributed by atoms with Gasteiger partial charge in [0.05, 0.1) is 0 Å². The molecule has 4 rings (SSSR count). The lowest BCUT2D eigenvalue weighted by atomic mass is 10.1. The van der Waals surface area contributed by atoms with E-state index in [0.717, 1.165) is 5.39 Å². The third-order valence-corrected chi connectivity index (χ3v) is 5.26. The number of nitrogens with zero attached hydrogens (tertiary/aromatic N) is 2. The van der Waals surface area contributed by atoms with E-state index in [4.69, 9.17) is 0 Å². The summed E-state index contributed by atoms with van der Waals surface area (Å²) in [5, 5.41) is 30.8. The van der Waals surface area contributed by atoms with Gasteiger partial charge in [-0.15, -0.1) is 10.2 Å². The fourth-order valence-corrected chi connectivity index (χ4v) is 3.82. The summed E-state index contributed by atoms with van der Waals surface area (Å²) in [4.78, 5) is -0.741. The first kappa shape index (κ1) is 17.9. The summed E-state index contributed by atoms with van der Waals surface area (Å²) in [6, 6.07) is 18.2. The molecule has 0 fully saturated rings. The molecular formula is C20H14N2O5S. The highest BCUT2D eigenvalue weighted by Gasteiger charge is 2.24. The molecule has 0 saturated heterocycles. The van der Waals surface area contributed by atoms with E-state index in [2.05, 4.69) is 10.2 Å². The number of phenolic OH excluding ortho intramolecular Hbond substituents is 2. The van der Waals surface area contributed by atoms with Gasteiger partial charge >= 0.3 is 0 Å². The van der Waals surface area contributed by atoms with Crippen LogP contribution < -0.4 is 0 Å². The summed E-state index contributed by atoms with van der Waals surface area (Å²) >= 11 is 0. The van der Waals surface area contributed by atoms with Gasteiger partial charge in [-0.1, -0.05) is 54.6 Å². The van der Waals surface area contributed by atoms with Gasteiger partial charge in [-0.3, -0.25) is 4.55 Å². The van der Waals surface area contributed by atoms with E-state index in [-0.39, 0.29) is 17.1 Å². The van der Waals surface area contributed by atoms with Crippen molar-refractivity contribution in [2.75, 3.05) is 0 Å². The molecule has 0 aliphatic heterocycles. The number of rotatable bonds is 3. The molecule has 28 heavy (non-hydrogen) atoms. The van der Waals surface area contributed by atoms with Crippen LogP contribution >= 0.6 is 0 Å². The Bertz CT molecular complexity index is 1360. The van der Waals surface area contributed by atoms with Crippen LogP contribution in [0.2, 0.25) is 0 Å². The minimum atomic E-state index is -4.78. The molecule has 0 atom stereocenters. The fourth-order valence-electron chi connectivity index (χ4n) is 3.10. The molecule has 0 spiro atoms. The Morgan fingerprint density at radius 3 is 1.93 bits per heavy atom.